The number of rotatable bonds is 7. The molecule has 0 heterocycles. The molecule has 3 aromatic rings. The topological polar surface area (TPSA) is 49.3 Å². The number of aliphatic hydroxyl groups excluding tert-OH is 1. The molecule has 0 atom stereocenters. The lowest BCUT2D eigenvalue weighted by Gasteiger charge is -2.11. The van der Waals surface area contributed by atoms with Crippen molar-refractivity contribution in [2.45, 2.75) is 31.1 Å². The van der Waals surface area contributed by atoms with Gasteiger partial charge in [0, 0.05) is 22.8 Å². The van der Waals surface area contributed by atoms with Crippen LogP contribution in [0.4, 0.5) is 5.69 Å². The minimum Gasteiger partial charge on any atom is -0.396 e. The molecule has 3 aromatic carbocycles. The average Bonchev–Trinajstić information content (AvgIpc) is 3.14. The van der Waals surface area contributed by atoms with Crippen molar-refractivity contribution in [1.82, 2.24) is 0 Å². The molecule has 1 amide bonds. The van der Waals surface area contributed by atoms with Crippen LogP contribution < -0.4 is 5.32 Å². The number of hydrogen-bond donors (Lipinski definition) is 2. The van der Waals surface area contributed by atoms with Crippen LogP contribution in [0, 0.1) is 6.92 Å². The number of aryl methyl sites for hydroxylation is 1. The van der Waals surface area contributed by atoms with Crippen LogP contribution >= 0.6 is 11.8 Å². The Morgan fingerprint density at radius 2 is 1.80 bits per heavy atom. The van der Waals surface area contributed by atoms with Crippen LogP contribution in [0.3, 0.4) is 0 Å². The molecule has 0 aromatic heterocycles. The van der Waals surface area contributed by atoms with E-state index in [0.29, 0.717) is 18.4 Å². The van der Waals surface area contributed by atoms with E-state index >= 15 is 0 Å². The van der Waals surface area contributed by atoms with Crippen molar-refractivity contribution >= 4 is 23.4 Å². The molecule has 4 rings (SSSR count). The van der Waals surface area contributed by atoms with Crippen LogP contribution in [-0.2, 0) is 11.2 Å². The number of thioether (sulfide) groups is 1. The van der Waals surface area contributed by atoms with E-state index in [4.69, 9.17) is 0 Å². The number of anilines is 1. The standard InChI is InChI=1S/C26H25NO2S/c1-18-11-13-22(14-12-18)27-26(29)21(8-5-15-28)17-30-24-10-4-7-20-16-19-6-2-3-9-23(19)25(20)24/h2-4,6-7,9-14,17,28H,5,8,15-16H2,1H3,(H,27,29). The van der Waals surface area contributed by atoms with Crippen LogP contribution in [0.2, 0.25) is 0 Å². The minimum atomic E-state index is -0.118. The zero-order valence-corrected chi connectivity index (χ0v) is 17.8. The molecule has 0 saturated carbocycles. The summed E-state index contributed by atoms with van der Waals surface area (Å²) in [6.45, 7) is 2.08. The third-order valence-corrected chi connectivity index (χ3v) is 6.31. The lowest BCUT2D eigenvalue weighted by atomic mass is 10.1. The van der Waals surface area contributed by atoms with Crippen molar-refractivity contribution in [2.75, 3.05) is 11.9 Å². The fourth-order valence-electron chi connectivity index (χ4n) is 3.73. The third kappa shape index (κ3) is 4.50. The quantitative estimate of drug-likeness (QED) is 0.289. The monoisotopic (exact) mass is 415 g/mol. The SMILES string of the molecule is Cc1ccc(NC(=O)C(=CSc2cccc3c2-c2ccccc2C3)CCCO)cc1. The summed E-state index contributed by atoms with van der Waals surface area (Å²) in [6, 6.07) is 22.7. The largest absolute Gasteiger partial charge is 0.396 e. The third-order valence-electron chi connectivity index (χ3n) is 5.31. The van der Waals surface area contributed by atoms with Crippen molar-refractivity contribution in [2.24, 2.45) is 0 Å². The van der Waals surface area contributed by atoms with Gasteiger partial charge in [0.2, 0.25) is 0 Å². The van der Waals surface area contributed by atoms with E-state index in [1.807, 2.05) is 36.6 Å². The van der Waals surface area contributed by atoms with Crippen LogP contribution in [0.25, 0.3) is 11.1 Å². The maximum atomic E-state index is 12.9. The number of carbonyl (C=O) groups excluding carboxylic acids is 1. The Morgan fingerprint density at radius 3 is 2.60 bits per heavy atom. The number of hydrogen-bond acceptors (Lipinski definition) is 3. The molecule has 2 N–H and O–H groups in total. The maximum Gasteiger partial charge on any atom is 0.252 e. The Labute approximate surface area is 181 Å². The summed E-state index contributed by atoms with van der Waals surface area (Å²) in [5.74, 6) is -0.118. The van der Waals surface area contributed by atoms with E-state index in [9.17, 15) is 9.90 Å². The number of aliphatic hydroxyl groups is 1. The molecule has 0 fully saturated rings. The molecule has 0 radical (unpaired) electrons. The van der Waals surface area contributed by atoms with Crippen molar-refractivity contribution in [3.8, 4) is 11.1 Å². The second-order valence-electron chi connectivity index (χ2n) is 7.53. The van der Waals surface area contributed by atoms with Gasteiger partial charge in [0.05, 0.1) is 0 Å². The average molecular weight is 416 g/mol. The highest BCUT2D eigenvalue weighted by molar-refractivity contribution is 8.02. The lowest BCUT2D eigenvalue weighted by Crippen LogP contribution is -2.14. The van der Waals surface area contributed by atoms with Gasteiger partial charge in [-0.3, -0.25) is 4.79 Å². The fraction of sp³-hybridized carbons (Fsp3) is 0.192. The lowest BCUT2D eigenvalue weighted by molar-refractivity contribution is -0.113. The van der Waals surface area contributed by atoms with Gasteiger partial charge in [-0.25, -0.2) is 0 Å². The van der Waals surface area contributed by atoms with Gasteiger partial charge in [-0.2, -0.15) is 0 Å². The summed E-state index contributed by atoms with van der Waals surface area (Å²) >= 11 is 1.58. The molecule has 30 heavy (non-hydrogen) atoms. The first-order valence-corrected chi connectivity index (χ1v) is 11.1. The second kappa shape index (κ2) is 9.33. The van der Waals surface area contributed by atoms with Gasteiger partial charge < -0.3 is 10.4 Å². The van der Waals surface area contributed by atoms with Gasteiger partial charge in [-0.15, -0.1) is 0 Å². The first kappa shape index (κ1) is 20.5. The molecule has 0 bridgehead atoms. The van der Waals surface area contributed by atoms with Crippen LogP contribution in [-0.4, -0.2) is 17.6 Å². The van der Waals surface area contributed by atoms with Gasteiger partial charge in [0.25, 0.3) is 5.91 Å². The summed E-state index contributed by atoms with van der Waals surface area (Å²) in [4.78, 5) is 14.0. The summed E-state index contributed by atoms with van der Waals surface area (Å²) in [5, 5.41) is 14.2. The van der Waals surface area contributed by atoms with E-state index in [2.05, 4.69) is 47.8 Å². The molecule has 0 saturated heterocycles. The van der Waals surface area contributed by atoms with Gasteiger partial charge in [-0.05, 0) is 72.0 Å². The minimum absolute atomic E-state index is 0.0634. The summed E-state index contributed by atoms with van der Waals surface area (Å²) in [7, 11) is 0. The number of fused-ring (bicyclic) bond motifs is 3. The van der Waals surface area contributed by atoms with Gasteiger partial charge >= 0.3 is 0 Å². The molecule has 1 aliphatic carbocycles. The molecule has 0 aliphatic heterocycles. The van der Waals surface area contributed by atoms with E-state index in [0.717, 1.165) is 22.6 Å². The predicted octanol–water partition coefficient (Wildman–Crippen LogP) is 5.95. The van der Waals surface area contributed by atoms with Gasteiger partial charge in [0.15, 0.2) is 0 Å². The molecule has 4 heteroatoms. The molecule has 0 spiro atoms. The van der Waals surface area contributed by atoms with E-state index in [-0.39, 0.29) is 12.5 Å². The zero-order valence-electron chi connectivity index (χ0n) is 17.0. The van der Waals surface area contributed by atoms with Crippen LogP contribution in [0.1, 0.15) is 29.5 Å². The van der Waals surface area contributed by atoms with E-state index < -0.39 is 0 Å². The number of amides is 1. The molecular weight excluding hydrogens is 390 g/mol. The molecule has 1 aliphatic rings. The highest BCUT2D eigenvalue weighted by Gasteiger charge is 2.21. The summed E-state index contributed by atoms with van der Waals surface area (Å²) in [5.41, 5.74) is 7.84. The molecule has 3 nitrogen and oxygen atoms in total. The van der Waals surface area contributed by atoms with Crippen LogP contribution in [0.15, 0.2) is 82.6 Å². The maximum absolute atomic E-state index is 12.9. The molecule has 0 unspecified atom stereocenters. The molecular formula is C26H25NO2S. The summed E-state index contributed by atoms with van der Waals surface area (Å²) < 4.78 is 0. The van der Waals surface area contributed by atoms with Crippen molar-refractivity contribution in [3.63, 3.8) is 0 Å². The van der Waals surface area contributed by atoms with Crippen molar-refractivity contribution < 1.29 is 9.90 Å². The Hall–Kier alpha value is -2.82. The second-order valence-corrected chi connectivity index (χ2v) is 8.44. The Bertz CT molecular complexity index is 1090. The van der Waals surface area contributed by atoms with Crippen molar-refractivity contribution in [3.05, 3.63) is 94.4 Å². The number of nitrogens with one attached hydrogen (secondary N) is 1. The highest BCUT2D eigenvalue weighted by atomic mass is 32.2. The Morgan fingerprint density at radius 1 is 1.03 bits per heavy atom. The van der Waals surface area contributed by atoms with Crippen LogP contribution in [0.5, 0.6) is 0 Å². The van der Waals surface area contributed by atoms with Gasteiger partial charge in [0.1, 0.15) is 0 Å². The normalized spacial score (nSPS) is 12.4. The smallest absolute Gasteiger partial charge is 0.252 e. The van der Waals surface area contributed by atoms with E-state index in [1.54, 1.807) is 11.8 Å². The first-order valence-electron chi connectivity index (χ1n) is 10.2. The fourth-order valence-corrected chi connectivity index (χ4v) is 4.74. The summed E-state index contributed by atoms with van der Waals surface area (Å²) in [6.07, 6.45) is 2.05. The van der Waals surface area contributed by atoms with Crippen molar-refractivity contribution in [1.29, 1.82) is 0 Å². The predicted molar refractivity (Wildman–Crippen MR) is 125 cm³/mol. The highest BCUT2D eigenvalue weighted by Crippen LogP contribution is 2.43. The zero-order chi connectivity index (χ0) is 20.9. The van der Waals surface area contributed by atoms with Gasteiger partial charge in [-0.1, -0.05) is 65.9 Å². The first-order chi connectivity index (χ1) is 14.7. The van der Waals surface area contributed by atoms with E-state index in [1.165, 1.54) is 22.3 Å². The number of benzene rings is 3. The Balaban J connectivity index is 1.58. The molecule has 152 valence electrons. The number of carbonyl (C=O) groups is 1. The Kier molecular flexibility index (Phi) is 6.36.